The predicted molar refractivity (Wildman–Crippen MR) is 67.2 cm³/mol. The molecule has 0 amide bonds. The minimum atomic E-state index is 0.780. The molecule has 0 unspecified atom stereocenters. The van der Waals surface area contributed by atoms with Crippen LogP contribution in [0.1, 0.15) is 6.42 Å². The van der Waals surface area contributed by atoms with E-state index in [4.69, 9.17) is 4.74 Å². The third kappa shape index (κ3) is 2.31. The maximum atomic E-state index is 5.04. The highest BCUT2D eigenvalue weighted by Crippen LogP contribution is 2.25. The van der Waals surface area contributed by atoms with Crippen molar-refractivity contribution in [3.8, 4) is 0 Å². The lowest BCUT2D eigenvalue weighted by molar-refractivity contribution is 0.196. The number of fused-ring (bicyclic) bond motifs is 1. The zero-order valence-electron chi connectivity index (χ0n) is 9.51. The number of nitrogens with zero attached hydrogens (tertiary/aromatic N) is 3. The lowest BCUT2D eigenvalue weighted by Gasteiger charge is -2.18. The van der Waals surface area contributed by atoms with Gasteiger partial charge >= 0.3 is 0 Å². The van der Waals surface area contributed by atoms with E-state index in [1.54, 1.807) is 24.8 Å². The van der Waals surface area contributed by atoms with Crippen molar-refractivity contribution >= 4 is 27.4 Å². The van der Waals surface area contributed by atoms with E-state index in [2.05, 4.69) is 28.0 Å². The summed E-state index contributed by atoms with van der Waals surface area (Å²) >= 11 is 1.64. The van der Waals surface area contributed by atoms with Crippen molar-refractivity contribution in [3.05, 3.63) is 17.8 Å². The smallest absolute Gasteiger partial charge is 0.140 e. The molecule has 2 aromatic rings. The molecule has 16 heavy (non-hydrogen) atoms. The number of ether oxygens (including phenoxy) is 1. The van der Waals surface area contributed by atoms with Crippen molar-refractivity contribution in [1.82, 2.24) is 9.97 Å². The number of hydrogen-bond donors (Lipinski definition) is 0. The topological polar surface area (TPSA) is 38.2 Å². The van der Waals surface area contributed by atoms with Crippen LogP contribution >= 0.6 is 11.3 Å². The van der Waals surface area contributed by atoms with Crippen LogP contribution in [-0.2, 0) is 4.74 Å². The predicted octanol–water partition coefficient (Wildman–Crippen LogP) is 2.16. The molecule has 2 heterocycles. The van der Waals surface area contributed by atoms with Crippen molar-refractivity contribution in [2.24, 2.45) is 0 Å². The first-order valence-corrected chi connectivity index (χ1v) is 6.09. The van der Waals surface area contributed by atoms with Gasteiger partial charge in [0.25, 0.3) is 0 Å². The molecule has 4 nitrogen and oxygen atoms in total. The maximum Gasteiger partial charge on any atom is 0.140 e. The number of anilines is 1. The van der Waals surface area contributed by atoms with E-state index in [1.807, 2.05) is 5.38 Å². The first-order valence-electron chi connectivity index (χ1n) is 5.21. The molecule has 2 aromatic heterocycles. The fraction of sp³-hybridized carbons (Fsp3) is 0.455. The average Bonchev–Trinajstić information content (AvgIpc) is 2.76. The van der Waals surface area contributed by atoms with E-state index in [-0.39, 0.29) is 0 Å². The summed E-state index contributed by atoms with van der Waals surface area (Å²) in [7, 11) is 3.77. The Morgan fingerprint density at radius 1 is 1.44 bits per heavy atom. The highest BCUT2D eigenvalue weighted by molar-refractivity contribution is 7.16. The Kier molecular flexibility index (Phi) is 3.69. The molecular formula is C11H15N3OS. The summed E-state index contributed by atoms with van der Waals surface area (Å²) in [6.07, 6.45) is 2.63. The molecule has 0 fully saturated rings. The third-order valence-electron chi connectivity index (χ3n) is 2.44. The summed E-state index contributed by atoms with van der Waals surface area (Å²) in [6.45, 7) is 1.72. The molecule has 0 bridgehead atoms. The number of rotatable bonds is 5. The SMILES string of the molecule is COCCCN(C)c1ncnc2sccc12. The molecule has 0 saturated heterocycles. The van der Waals surface area contributed by atoms with Crippen molar-refractivity contribution < 1.29 is 4.74 Å². The molecule has 0 radical (unpaired) electrons. The van der Waals surface area contributed by atoms with Gasteiger partial charge in [-0.05, 0) is 17.9 Å². The van der Waals surface area contributed by atoms with Crippen LogP contribution in [0.25, 0.3) is 10.2 Å². The van der Waals surface area contributed by atoms with Crippen LogP contribution < -0.4 is 4.90 Å². The fourth-order valence-electron chi connectivity index (χ4n) is 1.63. The van der Waals surface area contributed by atoms with E-state index < -0.39 is 0 Å². The van der Waals surface area contributed by atoms with E-state index >= 15 is 0 Å². The highest BCUT2D eigenvalue weighted by atomic mass is 32.1. The average molecular weight is 237 g/mol. The molecule has 0 atom stereocenters. The first-order chi connectivity index (χ1) is 7.83. The van der Waals surface area contributed by atoms with Crippen LogP contribution in [0.3, 0.4) is 0 Å². The summed E-state index contributed by atoms with van der Waals surface area (Å²) in [5.41, 5.74) is 0. The molecule has 0 saturated carbocycles. The second-order valence-electron chi connectivity index (χ2n) is 3.60. The number of methoxy groups -OCH3 is 1. The van der Waals surface area contributed by atoms with Crippen LogP contribution in [0.2, 0.25) is 0 Å². The minimum Gasteiger partial charge on any atom is -0.385 e. The molecule has 2 rings (SSSR count). The summed E-state index contributed by atoms with van der Waals surface area (Å²) < 4.78 is 5.04. The van der Waals surface area contributed by atoms with Gasteiger partial charge in [0, 0.05) is 27.3 Å². The van der Waals surface area contributed by atoms with Crippen LogP contribution in [0, 0.1) is 0 Å². The van der Waals surface area contributed by atoms with Crippen LogP contribution in [0.4, 0.5) is 5.82 Å². The van der Waals surface area contributed by atoms with Gasteiger partial charge in [0.15, 0.2) is 0 Å². The van der Waals surface area contributed by atoms with E-state index in [0.717, 1.165) is 35.6 Å². The zero-order valence-corrected chi connectivity index (χ0v) is 10.3. The molecule has 0 N–H and O–H groups in total. The van der Waals surface area contributed by atoms with Gasteiger partial charge in [0.1, 0.15) is 17.0 Å². The van der Waals surface area contributed by atoms with Crippen LogP contribution in [-0.4, -0.2) is 37.3 Å². The van der Waals surface area contributed by atoms with Gasteiger partial charge in [0.05, 0.1) is 5.39 Å². The van der Waals surface area contributed by atoms with Gasteiger partial charge in [-0.1, -0.05) is 0 Å². The lowest BCUT2D eigenvalue weighted by Crippen LogP contribution is -2.21. The fourth-order valence-corrected chi connectivity index (χ4v) is 2.36. The van der Waals surface area contributed by atoms with Gasteiger partial charge in [0.2, 0.25) is 0 Å². The Morgan fingerprint density at radius 2 is 2.31 bits per heavy atom. The van der Waals surface area contributed by atoms with E-state index in [0.29, 0.717) is 0 Å². The Bertz CT molecular complexity index is 457. The first kappa shape index (κ1) is 11.3. The molecule has 5 heteroatoms. The van der Waals surface area contributed by atoms with Crippen molar-refractivity contribution in [2.75, 3.05) is 32.2 Å². The van der Waals surface area contributed by atoms with Gasteiger partial charge in [-0.25, -0.2) is 9.97 Å². The summed E-state index contributed by atoms with van der Waals surface area (Å²) in [4.78, 5) is 11.8. The molecular weight excluding hydrogens is 222 g/mol. The molecule has 0 aromatic carbocycles. The summed E-state index contributed by atoms with van der Waals surface area (Å²) in [5.74, 6) is 1.00. The Hall–Kier alpha value is -1.20. The van der Waals surface area contributed by atoms with E-state index in [1.165, 1.54) is 0 Å². The standard InChI is InChI=1S/C11H15N3OS/c1-14(5-3-6-15-2)10-9-4-7-16-11(9)13-8-12-10/h4,7-8H,3,5-6H2,1-2H3. The second-order valence-corrected chi connectivity index (χ2v) is 4.50. The molecule has 0 spiro atoms. The third-order valence-corrected chi connectivity index (χ3v) is 3.27. The number of hydrogen-bond acceptors (Lipinski definition) is 5. The van der Waals surface area contributed by atoms with Crippen LogP contribution in [0.5, 0.6) is 0 Å². The van der Waals surface area contributed by atoms with E-state index in [9.17, 15) is 0 Å². The summed E-state index contributed by atoms with van der Waals surface area (Å²) in [5, 5.41) is 3.18. The molecule has 0 aliphatic heterocycles. The molecule has 86 valence electrons. The van der Waals surface area contributed by atoms with Crippen molar-refractivity contribution in [3.63, 3.8) is 0 Å². The number of aromatic nitrogens is 2. The second kappa shape index (κ2) is 5.23. The van der Waals surface area contributed by atoms with Crippen molar-refractivity contribution in [2.45, 2.75) is 6.42 Å². The van der Waals surface area contributed by atoms with Crippen LogP contribution in [0.15, 0.2) is 17.8 Å². The molecule has 0 aliphatic carbocycles. The Balaban J connectivity index is 2.15. The van der Waals surface area contributed by atoms with Gasteiger partial charge in [-0.15, -0.1) is 11.3 Å². The normalized spacial score (nSPS) is 10.9. The maximum absolute atomic E-state index is 5.04. The quantitative estimate of drug-likeness (QED) is 0.747. The molecule has 0 aliphatic rings. The minimum absolute atomic E-state index is 0.780. The Morgan fingerprint density at radius 3 is 3.12 bits per heavy atom. The monoisotopic (exact) mass is 237 g/mol. The zero-order chi connectivity index (χ0) is 11.4. The van der Waals surface area contributed by atoms with Gasteiger partial charge in [-0.2, -0.15) is 0 Å². The largest absolute Gasteiger partial charge is 0.385 e. The van der Waals surface area contributed by atoms with Gasteiger partial charge < -0.3 is 9.64 Å². The Labute approximate surface area is 98.9 Å². The summed E-state index contributed by atoms with van der Waals surface area (Å²) in [6, 6.07) is 2.07. The highest BCUT2D eigenvalue weighted by Gasteiger charge is 2.08. The van der Waals surface area contributed by atoms with Crippen molar-refractivity contribution in [1.29, 1.82) is 0 Å². The van der Waals surface area contributed by atoms with Gasteiger partial charge in [-0.3, -0.25) is 0 Å². The lowest BCUT2D eigenvalue weighted by atomic mass is 10.3. The number of thiophene rings is 1.